The molecule has 0 spiro atoms. The van der Waals surface area contributed by atoms with Crippen LogP contribution < -0.4 is 0 Å². The first-order valence-corrected chi connectivity index (χ1v) is 3.65. The van der Waals surface area contributed by atoms with Crippen molar-refractivity contribution in [2.45, 2.75) is 0 Å². The van der Waals surface area contributed by atoms with Crippen LogP contribution in [0.4, 0.5) is 0 Å². The smallest absolute Gasteiger partial charge is 0.257 e. The van der Waals surface area contributed by atoms with Crippen LogP contribution in [0.1, 0.15) is 0 Å². The molecule has 0 aromatic heterocycles. The predicted octanol–water partition coefficient (Wildman–Crippen LogP) is 1.15. The second kappa shape index (κ2) is 2.44. The van der Waals surface area contributed by atoms with Gasteiger partial charge in [0.25, 0.3) is 5.91 Å². The van der Waals surface area contributed by atoms with Crippen molar-refractivity contribution >= 4 is 12.1 Å². The van der Waals surface area contributed by atoms with Crippen LogP contribution in [0.5, 0.6) is 0 Å². The van der Waals surface area contributed by atoms with E-state index in [1.54, 1.807) is 24.3 Å². The Balaban J connectivity index is 2.51. The van der Waals surface area contributed by atoms with E-state index < -0.39 is 0 Å². The molecule has 0 saturated carbocycles. The van der Waals surface area contributed by atoms with Crippen LogP contribution in [-0.4, -0.2) is 17.2 Å². The van der Waals surface area contributed by atoms with Crippen LogP contribution in [0.15, 0.2) is 40.6 Å². The highest BCUT2D eigenvalue weighted by Crippen LogP contribution is 2.24. The lowest BCUT2D eigenvalue weighted by Gasteiger charge is -2.16. The second-order valence-corrected chi connectivity index (χ2v) is 2.66. The third-order valence-corrected chi connectivity index (χ3v) is 1.90. The Hall–Kier alpha value is -1.64. The number of nitrogens with zero attached hydrogens (tertiary/aromatic N) is 1. The first kappa shape index (κ1) is 7.03. The quantitative estimate of drug-likeness (QED) is 0.579. The lowest BCUT2D eigenvalue weighted by molar-refractivity contribution is -0.119. The molecule has 12 heavy (non-hydrogen) atoms. The number of allylic oxidation sites excluding steroid dienone is 4. The van der Waals surface area contributed by atoms with E-state index in [9.17, 15) is 9.90 Å². The van der Waals surface area contributed by atoms with Gasteiger partial charge < -0.3 is 5.11 Å². The molecule has 0 saturated heterocycles. The number of hydrogen-bond acceptors (Lipinski definition) is 2. The summed E-state index contributed by atoms with van der Waals surface area (Å²) in [5, 5.41) is 9.32. The molecule has 1 aliphatic heterocycles. The molecule has 0 aromatic rings. The van der Waals surface area contributed by atoms with Gasteiger partial charge in [-0.2, -0.15) is 0 Å². The first-order valence-electron chi connectivity index (χ1n) is 3.65. The van der Waals surface area contributed by atoms with Crippen molar-refractivity contribution in [3.8, 4) is 0 Å². The van der Waals surface area contributed by atoms with Crippen molar-refractivity contribution in [3.05, 3.63) is 35.6 Å². The van der Waals surface area contributed by atoms with Gasteiger partial charge in [-0.3, -0.25) is 4.79 Å². The Labute approximate surface area is 69.4 Å². The Bertz CT molecular complexity index is 348. The van der Waals surface area contributed by atoms with E-state index in [0.29, 0.717) is 5.57 Å². The molecule has 0 radical (unpaired) electrons. The molecule has 3 nitrogen and oxygen atoms in total. The molecule has 0 aromatic carbocycles. The molecule has 1 aliphatic carbocycles. The maximum Gasteiger partial charge on any atom is 0.257 e. The number of aliphatic hydroxyl groups is 1. The maximum absolute atomic E-state index is 11.1. The van der Waals surface area contributed by atoms with Crippen LogP contribution in [0.3, 0.4) is 0 Å². The zero-order valence-corrected chi connectivity index (χ0v) is 6.27. The largest absolute Gasteiger partial charge is 0.506 e. The molecule has 3 heteroatoms. The standard InChI is InChI=1S/C9H7NO2/c11-8-5-10-9(12)7-4-2-1-3-6(7)8/h1-5,7,11H. The summed E-state index contributed by atoms with van der Waals surface area (Å²) in [6, 6.07) is 0. The summed E-state index contributed by atoms with van der Waals surface area (Å²) in [5.41, 5.74) is 0.637. The minimum atomic E-state index is -0.375. The Morgan fingerprint density at radius 2 is 2.25 bits per heavy atom. The average Bonchev–Trinajstić information content (AvgIpc) is 2.12. The monoisotopic (exact) mass is 161 g/mol. The maximum atomic E-state index is 11.1. The highest BCUT2D eigenvalue weighted by Gasteiger charge is 2.25. The van der Waals surface area contributed by atoms with E-state index in [2.05, 4.69) is 4.99 Å². The fraction of sp³-hybridized carbons (Fsp3) is 0.111. The van der Waals surface area contributed by atoms with Crippen LogP contribution in [-0.2, 0) is 4.79 Å². The minimum Gasteiger partial charge on any atom is -0.506 e. The highest BCUT2D eigenvalue weighted by molar-refractivity contribution is 5.99. The van der Waals surface area contributed by atoms with E-state index >= 15 is 0 Å². The van der Waals surface area contributed by atoms with Gasteiger partial charge in [0.05, 0.1) is 12.1 Å². The molecule has 60 valence electrons. The minimum absolute atomic E-state index is 0.0835. The van der Waals surface area contributed by atoms with Crippen molar-refractivity contribution in [2.24, 2.45) is 10.9 Å². The van der Waals surface area contributed by atoms with Crippen molar-refractivity contribution in [3.63, 3.8) is 0 Å². The van der Waals surface area contributed by atoms with Crippen LogP contribution in [0.2, 0.25) is 0 Å². The van der Waals surface area contributed by atoms with Crippen molar-refractivity contribution in [1.29, 1.82) is 0 Å². The fourth-order valence-electron chi connectivity index (χ4n) is 1.28. The molecule has 1 amide bonds. The van der Waals surface area contributed by atoms with Crippen LogP contribution >= 0.6 is 0 Å². The molecule has 0 bridgehead atoms. The van der Waals surface area contributed by atoms with Gasteiger partial charge in [0, 0.05) is 5.57 Å². The van der Waals surface area contributed by atoms with Crippen molar-refractivity contribution in [1.82, 2.24) is 0 Å². The number of dihydropyridines is 1. The van der Waals surface area contributed by atoms with E-state index in [-0.39, 0.29) is 17.6 Å². The zero-order chi connectivity index (χ0) is 8.55. The summed E-state index contributed by atoms with van der Waals surface area (Å²) in [4.78, 5) is 14.7. The highest BCUT2D eigenvalue weighted by atomic mass is 16.3. The summed E-state index contributed by atoms with van der Waals surface area (Å²) < 4.78 is 0. The topological polar surface area (TPSA) is 49.7 Å². The van der Waals surface area contributed by atoms with E-state index in [1.165, 1.54) is 6.21 Å². The van der Waals surface area contributed by atoms with Crippen molar-refractivity contribution in [2.75, 3.05) is 0 Å². The molecule has 1 N–H and O–H groups in total. The summed E-state index contributed by atoms with van der Waals surface area (Å²) in [5.74, 6) is -0.511. The Morgan fingerprint density at radius 3 is 3.00 bits per heavy atom. The number of aliphatic imine (C=N–C) groups is 1. The van der Waals surface area contributed by atoms with E-state index in [1.807, 2.05) is 0 Å². The second-order valence-electron chi connectivity index (χ2n) is 2.66. The zero-order valence-electron chi connectivity index (χ0n) is 6.27. The SMILES string of the molecule is O=C1N=CC(O)=C2C=CC=CC12. The van der Waals surface area contributed by atoms with Crippen LogP contribution in [0.25, 0.3) is 0 Å². The number of hydrogen-bond donors (Lipinski definition) is 1. The van der Waals surface area contributed by atoms with Gasteiger partial charge in [0.15, 0.2) is 0 Å². The van der Waals surface area contributed by atoms with E-state index in [0.717, 1.165) is 0 Å². The Morgan fingerprint density at radius 1 is 1.42 bits per heavy atom. The number of amides is 1. The van der Waals surface area contributed by atoms with Gasteiger partial charge >= 0.3 is 0 Å². The number of carbonyl (C=O) groups excluding carboxylic acids is 1. The lowest BCUT2D eigenvalue weighted by Crippen LogP contribution is -2.19. The normalized spacial score (nSPS) is 26.3. The molecular weight excluding hydrogens is 154 g/mol. The summed E-state index contributed by atoms with van der Waals surface area (Å²) in [7, 11) is 0. The molecule has 1 atom stereocenters. The fourth-order valence-corrected chi connectivity index (χ4v) is 1.28. The van der Waals surface area contributed by atoms with Gasteiger partial charge in [0.1, 0.15) is 5.76 Å². The third-order valence-electron chi connectivity index (χ3n) is 1.90. The number of carbonyl (C=O) groups is 1. The van der Waals surface area contributed by atoms with Gasteiger partial charge in [-0.25, -0.2) is 4.99 Å². The average molecular weight is 161 g/mol. The van der Waals surface area contributed by atoms with Crippen LogP contribution in [0, 0.1) is 5.92 Å². The van der Waals surface area contributed by atoms with Gasteiger partial charge in [-0.15, -0.1) is 0 Å². The predicted molar refractivity (Wildman–Crippen MR) is 44.9 cm³/mol. The summed E-state index contributed by atoms with van der Waals surface area (Å²) in [6.07, 6.45) is 8.21. The first-order chi connectivity index (χ1) is 5.79. The summed E-state index contributed by atoms with van der Waals surface area (Å²) in [6.45, 7) is 0. The molecular formula is C9H7NO2. The number of fused-ring (bicyclic) bond motifs is 1. The molecule has 2 aliphatic rings. The third kappa shape index (κ3) is 0.906. The Kier molecular flexibility index (Phi) is 1.43. The van der Waals surface area contributed by atoms with Crippen molar-refractivity contribution < 1.29 is 9.90 Å². The molecule has 1 unspecified atom stereocenters. The lowest BCUT2D eigenvalue weighted by atomic mass is 9.91. The molecule has 0 fully saturated rings. The summed E-state index contributed by atoms with van der Waals surface area (Å²) >= 11 is 0. The molecule has 2 rings (SSSR count). The molecule has 1 heterocycles. The van der Waals surface area contributed by atoms with E-state index in [4.69, 9.17) is 0 Å². The van der Waals surface area contributed by atoms with Gasteiger partial charge in [-0.05, 0) is 0 Å². The van der Waals surface area contributed by atoms with Gasteiger partial charge in [-0.1, -0.05) is 24.3 Å². The number of aliphatic hydroxyl groups excluding tert-OH is 1. The number of rotatable bonds is 0. The van der Waals surface area contributed by atoms with Gasteiger partial charge in [0.2, 0.25) is 0 Å².